The number of likely N-dealkylation sites (tertiary alicyclic amines) is 1. The number of aliphatic imine (C=N–C) groups is 1. The fourth-order valence-corrected chi connectivity index (χ4v) is 2.77. The molecule has 1 aliphatic rings. The van der Waals surface area contributed by atoms with Gasteiger partial charge in [-0.25, -0.2) is 0 Å². The summed E-state index contributed by atoms with van der Waals surface area (Å²) in [6.07, 6.45) is 2.51. The molecular formula is C14H30N4. The van der Waals surface area contributed by atoms with Gasteiger partial charge in [-0.05, 0) is 24.7 Å². The van der Waals surface area contributed by atoms with Crippen molar-refractivity contribution >= 4 is 5.96 Å². The van der Waals surface area contributed by atoms with E-state index in [-0.39, 0.29) is 0 Å². The zero-order valence-corrected chi connectivity index (χ0v) is 12.5. The van der Waals surface area contributed by atoms with E-state index >= 15 is 0 Å². The van der Waals surface area contributed by atoms with Gasteiger partial charge in [0.2, 0.25) is 0 Å². The molecule has 2 atom stereocenters. The lowest BCUT2D eigenvalue weighted by atomic mass is 9.92. The fraction of sp³-hybridized carbons (Fsp3) is 0.929. The molecular weight excluding hydrogens is 224 g/mol. The predicted molar refractivity (Wildman–Crippen MR) is 79.0 cm³/mol. The lowest BCUT2D eigenvalue weighted by Gasteiger charge is -2.35. The molecule has 0 saturated carbocycles. The van der Waals surface area contributed by atoms with Crippen molar-refractivity contribution in [1.82, 2.24) is 15.5 Å². The van der Waals surface area contributed by atoms with E-state index in [9.17, 15) is 0 Å². The maximum Gasteiger partial charge on any atom is 0.191 e. The third-order valence-electron chi connectivity index (χ3n) is 3.43. The Balaban J connectivity index is 2.20. The molecule has 1 saturated heterocycles. The number of rotatable bonds is 5. The Labute approximate surface area is 112 Å². The molecule has 4 nitrogen and oxygen atoms in total. The quantitative estimate of drug-likeness (QED) is 0.577. The molecule has 1 fully saturated rings. The Kier molecular flexibility index (Phi) is 7.09. The van der Waals surface area contributed by atoms with Gasteiger partial charge in [0.25, 0.3) is 0 Å². The van der Waals surface area contributed by atoms with Crippen LogP contribution < -0.4 is 10.6 Å². The average Bonchev–Trinajstić information content (AvgIpc) is 2.32. The summed E-state index contributed by atoms with van der Waals surface area (Å²) in [6, 6.07) is 0. The van der Waals surface area contributed by atoms with E-state index in [1.54, 1.807) is 0 Å². The van der Waals surface area contributed by atoms with Gasteiger partial charge in [0.15, 0.2) is 5.96 Å². The highest BCUT2D eigenvalue weighted by Crippen LogP contribution is 2.20. The maximum atomic E-state index is 4.21. The summed E-state index contributed by atoms with van der Waals surface area (Å²) in [7, 11) is 1.83. The van der Waals surface area contributed by atoms with Gasteiger partial charge >= 0.3 is 0 Å². The maximum absolute atomic E-state index is 4.21. The first kappa shape index (κ1) is 15.3. The largest absolute Gasteiger partial charge is 0.356 e. The van der Waals surface area contributed by atoms with Crippen molar-refractivity contribution in [3.8, 4) is 0 Å². The topological polar surface area (TPSA) is 39.7 Å². The van der Waals surface area contributed by atoms with Crippen LogP contribution in [0.5, 0.6) is 0 Å². The van der Waals surface area contributed by atoms with Crippen LogP contribution in [-0.4, -0.2) is 50.6 Å². The highest BCUT2D eigenvalue weighted by Gasteiger charge is 2.20. The van der Waals surface area contributed by atoms with Gasteiger partial charge in [0.1, 0.15) is 0 Å². The Morgan fingerprint density at radius 1 is 1.17 bits per heavy atom. The van der Waals surface area contributed by atoms with Crippen LogP contribution in [-0.2, 0) is 0 Å². The SMILES string of the molecule is CCCNC(=NC)NCCN1CC(C)CC(C)C1. The van der Waals surface area contributed by atoms with E-state index in [1.807, 2.05) is 7.05 Å². The highest BCUT2D eigenvalue weighted by atomic mass is 15.2. The number of nitrogens with zero attached hydrogens (tertiary/aromatic N) is 2. The molecule has 1 rings (SSSR count). The highest BCUT2D eigenvalue weighted by molar-refractivity contribution is 5.79. The molecule has 0 radical (unpaired) electrons. The first-order chi connectivity index (χ1) is 8.65. The first-order valence-electron chi connectivity index (χ1n) is 7.32. The van der Waals surface area contributed by atoms with Gasteiger partial charge < -0.3 is 15.5 Å². The molecule has 2 N–H and O–H groups in total. The van der Waals surface area contributed by atoms with Gasteiger partial charge in [-0.15, -0.1) is 0 Å². The summed E-state index contributed by atoms with van der Waals surface area (Å²) in [4.78, 5) is 6.78. The summed E-state index contributed by atoms with van der Waals surface area (Å²) in [5, 5.41) is 6.67. The van der Waals surface area contributed by atoms with Crippen LogP contribution in [0.1, 0.15) is 33.6 Å². The van der Waals surface area contributed by atoms with Gasteiger partial charge in [-0.2, -0.15) is 0 Å². The van der Waals surface area contributed by atoms with Crippen LogP contribution >= 0.6 is 0 Å². The second kappa shape index (κ2) is 8.35. The van der Waals surface area contributed by atoms with Crippen molar-refractivity contribution in [3.63, 3.8) is 0 Å². The van der Waals surface area contributed by atoms with Crippen LogP contribution in [0, 0.1) is 11.8 Å². The second-order valence-electron chi connectivity index (χ2n) is 5.63. The Hall–Kier alpha value is -0.770. The van der Waals surface area contributed by atoms with Crippen molar-refractivity contribution in [3.05, 3.63) is 0 Å². The van der Waals surface area contributed by atoms with Gasteiger partial charge in [-0.3, -0.25) is 4.99 Å². The summed E-state index contributed by atoms with van der Waals surface area (Å²) in [6.45, 7) is 12.4. The third kappa shape index (κ3) is 5.71. The van der Waals surface area contributed by atoms with Gasteiger partial charge in [-0.1, -0.05) is 20.8 Å². The molecule has 1 heterocycles. The van der Waals surface area contributed by atoms with E-state index in [2.05, 4.69) is 41.3 Å². The number of guanidine groups is 1. The Morgan fingerprint density at radius 2 is 1.78 bits per heavy atom. The Morgan fingerprint density at radius 3 is 2.33 bits per heavy atom. The van der Waals surface area contributed by atoms with E-state index in [0.29, 0.717) is 0 Å². The molecule has 2 unspecified atom stereocenters. The van der Waals surface area contributed by atoms with Crippen molar-refractivity contribution in [2.75, 3.05) is 39.8 Å². The number of nitrogens with one attached hydrogen (secondary N) is 2. The summed E-state index contributed by atoms with van der Waals surface area (Å²) < 4.78 is 0. The van der Waals surface area contributed by atoms with Crippen LogP contribution in [0.25, 0.3) is 0 Å². The zero-order chi connectivity index (χ0) is 13.4. The number of hydrogen-bond acceptors (Lipinski definition) is 2. The first-order valence-corrected chi connectivity index (χ1v) is 7.32. The summed E-state index contributed by atoms with van der Waals surface area (Å²) in [5.41, 5.74) is 0. The monoisotopic (exact) mass is 254 g/mol. The average molecular weight is 254 g/mol. The molecule has 18 heavy (non-hydrogen) atoms. The molecule has 0 aromatic carbocycles. The summed E-state index contributed by atoms with van der Waals surface area (Å²) >= 11 is 0. The van der Waals surface area contributed by atoms with E-state index < -0.39 is 0 Å². The smallest absolute Gasteiger partial charge is 0.191 e. The minimum atomic E-state index is 0.839. The lowest BCUT2D eigenvalue weighted by molar-refractivity contribution is 0.143. The molecule has 0 spiro atoms. The molecule has 4 heteroatoms. The standard InChI is InChI=1S/C14H30N4/c1-5-6-16-14(15-4)17-7-8-18-10-12(2)9-13(3)11-18/h12-13H,5-11H2,1-4H3,(H2,15,16,17). The molecule has 0 aliphatic carbocycles. The predicted octanol–water partition coefficient (Wildman–Crippen LogP) is 1.54. The van der Waals surface area contributed by atoms with E-state index in [1.165, 1.54) is 19.5 Å². The van der Waals surface area contributed by atoms with Crippen LogP contribution in [0.4, 0.5) is 0 Å². The third-order valence-corrected chi connectivity index (χ3v) is 3.43. The van der Waals surface area contributed by atoms with Crippen molar-refractivity contribution < 1.29 is 0 Å². The minimum absolute atomic E-state index is 0.839. The lowest BCUT2D eigenvalue weighted by Crippen LogP contribution is -2.45. The van der Waals surface area contributed by atoms with E-state index in [4.69, 9.17) is 0 Å². The molecule has 1 aliphatic heterocycles. The van der Waals surface area contributed by atoms with Crippen molar-refractivity contribution in [2.45, 2.75) is 33.6 Å². The second-order valence-corrected chi connectivity index (χ2v) is 5.63. The number of piperidine rings is 1. The summed E-state index contributed by atoms with van der Waals surface area (Å²) in [5.74, 6) is 2.60. The normalized spacial score (nSPS) is 26.1. The number of hydrogen-bond donors (Lipinski definition) is 2. The minimum Gasteiger partial charge on any atom is -0.356 e. The zero-order valence-electron chi connectivity index (χ0n) is 12.5. The molecule has 0 bridgehead atoms. The van der Waals surface area contributed by atoms with Crippen LogP contribution in [0.2, 0.25) is 0 Å². The molecule has 0 amide bonds. The van der Waals surface area contributed by atoms with Gasteiger partial charge in [0.05, 0.1) is 0 Å². The van der Waals surface area contributed by atoms with Crippen LogP contribution in [0.3, 0.4) is 0 Å². The molecule has 0 aromatic heterocycles. The Bertz CT molecular complexity index is 242. The van der Waals surface area contributed by atoms with E-state index in [0.717, 1.165) is 43.9 Å². The van der Waals surface area contributed by atoms with Crippen molar-refractivity contribution in [2.24, 2.45) is 16.8 Å². The van der Waals surface area contributed by atoms with Crippen molar-refractivity contribution in [1.29, 1.82) is 0 Å². The molecule has 106 valence electrons. The molecule has 0 aromatic rings. The fourth-order valence-electron chi connectivity index (χ4n) is 2.77. The van der Waals surface area contributed by atoms with Gasteiger partial charge in [0, 0.05) is 39.8 Å². The van der Waals surface area contributed by atoms with Crippen LogP contribution in [0.15, 0.2) is 4.99 Å².